The number of guanidine groups is 1. The van der Waals surface area contributed by atoms with Crippen molar-refractivity contribution in [3.05, 3.63) is 59.2 Å². The molecule has 2 aromatic carbocycles. The topological polar surface area (TPSA) is 102 Å². The van der Waals surface area contributed by atoms with Gasteiger partial charge in [0.1, 0.15) is 0 Å². The summed E-state index contributed by atoms with van der Waals surface area (Å²) in [4.78, 5) is 5.60. The Balaban J connectivity index is 1.59. The highest BCUT2D eigenvalue weighted by atomic mass is 16.7. The number of methoxy groups -OCH3 is 3. The average molecular weight is 481 g/mol. The molecule has 0 aromatic heterocycles. The minimum atomic E-state index is -0.508. The van der Waals surface area contributed by atoms with Gasteiger partial charge in [0.25, 0.3) is 0 Å². The number of nitriles is 1. The Hall–Kier alpha value is -3.28. The molecule has 0 bridgehead atoms. The van der Waals surface area contributed by atoms with Crippen LogP contribution in [0.1, 0.15) is 36.0 Å². The number of aliphatic imine (C=N–C) groups is 1. The first-order valence-electron chi connectivity index (χ1n) is 11.9. The van der Waals surface area contributed by atoms with Crippen LogP contribution < -0.4 is 15.2 Å². The van der Waals surface area contributed by atoms with Crippen LogP contribution in [-0.4, -0.2) is 58.2 Å². The van der Waals surface area contributed by atoms with Gasteiger partial charge in [0.2, 0.25) is 5.96 Å². The molecule has 0 saturated carbocycles. The molecule has 188 valence electrons. The minimum Gasteiger partial charge on any atom is -0.493 e. The van der Waals surface area contributed by atoms with Crippen LogP contribution in [0.25, 0.3) is 0 Å². The van der Waals surface area contributed by atoms with E-state index in [0.29, 0.717) is 30.6 Å². The third-order valence-electron chi connectivity index (χ3n) is 6.46. The van der Waals surface area contributed by atoms with E-state index in [1.807, 2.05) is 25.1 Å². The maximum atomic E-state index is 9.60. The molecule has 35 heavy (non-hydrogen) atoms. The summed E-state index contributed by atoms with van der Waals surface area (Å²) >= 11 is 0. The molecule has 0 heterocycles. The highest BCUT2D eigenvalue weighted by Gasteiger charge is 2.21. The van der Waals surface area contributed by atoms with Crippen molar-refractivity contribution in [3.8, 4) is 17.7 Å². The molecule has 1 unspecified atom stereocenters. The van der Waals surface area contributed by atoms with E-state index in [-0.39, 0.29) is 18.4 Å². The van der Waals surface area contributed by atoms with Crippen molar-refractivity contribution in [2.24, 2.45) is 16.6 Å². The van der Waals surface area contributed by atoms with Gasteiger partial charge in [0.15, 0.2) is 24.0 Å². The number of hydrogen-bond acceptors (Lipinski definition) is 6. The lowest BCUT2D eigenvalue weighted by atomic mass is 10.00. The standard InChI is InChI=1S/C27H36N4O4/c1-19(17-31(18-28)27(29)30-16-26(33-3)34-4)21-9-10-24(32-2)25(15-21)35-12-11-20-13-22-7-5-6-8-23(22)14-20/h5-10,15,19-20,26H,11-14,16-17H2,1-4H3,(H2,29,30). The van der Waals surface area contributed by atoms with Gasteiger partial charge in [-0.25, -0.2) is 9.89 Å². The maximum Gasteiger partial charge on any atom is 0.204 e. The van der Waals surface area contributed by atoms with Crippen molar-refractivity contribution in [3.63, 3.8) is 0 Å². The number of fused-ring (bicyclic) bond motifs is 1. The Bertz CT molecular complexity index is 1010. The predicted molar refractivity (Wildman–Crippen MR) is 135 cm³/mol. The third-order valence-corrected chi connectivity index (χ3v) is 6.46. The zero-order chi connectivity index (χ0) is 25.2. The lowest BCUT2D eigenvalue weighted by molar-refractivity contribution is -0.0937. The van der Waals surface area contributed by atoms with Crippen LogP contribution in [0.2, 0.25) is 0 Å². The third kappa shape index (κ3) is 7.10. The molecule has 8 heteroatoms. The SMILES string of the molecule is COc1ccc(C(C)CN(C#N)C(N)=NCC(OC)OC)cc1OCCC1Cc2ccccc2C1. The van der Waals surface area contributed by atoms with E-state index in [0.717, 1.165) is 24.8 Å². The van der Waals surface area contributed by atoms with Crippen molar-refractivity contribution in [1.82, 2.24) is 4.90 Å². The zero-order valence-corrected chi connectivity index (χ0v) is 21.1. The summed E-state index contributed by atoms with van der Waals surface area (Å²) in [6.07, 6.45) is 4.80. The van der Waals surface area contributed by atoms with Gasteiger partial charge in [-0.3, -0.25) is 0 Å². The molecule has 3 rings (SSSR count). The number of nitrogens with two attached hydrogens (primary N) is 1. The second-order valence-corrected chi connectivity index (χ2v) is 8.80. The van der Waals surface area contributed by atoms with Gasteiger partial charge in [0, 0.05) is 26.7 Å². The lowest BCUT2D eigenvalue weighted by Crippen LogP contribution is -2.37. The van der Waals surface area contributed by atoms with Crippen molar-refractivity contribution in [1.29, 1.82) is 5.26 Å². The van der Waals surface area contributed by atoms with Gasteiger partial charge in [-0.05, 0) is 54.0 Å². The Morgan fingerprint density at radius 1 is 1.11 bits per heavy atom. The van der Waals surface area contributed by atoms with Crippen LogP contribution in [0.15, 0.2) is 47.5 Å². The van der Waals surface area contributed by atoms with Gasteiger partial charge >= 0.3 is 0 Å². The van der Waals surface area contributed by atoms with Crippen LogP contribution in [-0.2, 0) is 22.3 Å². The Kier molecular flexibility index (Phi) is 9.76. The van der Waals surface area contributed by atoms with Gasteiger partial charge < -0.3 is 24.7 Å². The molecule has 1 atom stereocenters. The van der Waals surface area contributed by atoms with Gasteiger partial charge in [-0.1, -0.05) is 37.3 Å². The van der Waals surface area contributed by atoms with E-state index in [2.05, 4.69) is 35.5 Å². The largest absolute Gasteiger partial charge is 0.493 e. The second-order valence-electron chi connectivity index (χ2n) is 8.80. The smallest absolute Gasteiger partial charge is 0.204 e. The van der Waals surface area contributed by atoms with Gasteiger partial charge in [-0.15, -0.1) is 0 Å². The molecule has 0 saturated heterocycles. The van der Waals surface area contributed by atoms with E-state index >= 15 is 0 Å². The van der Waals surface area contributed by atoms with E-state index in [4.69, 9.17) is 24.7 Å². The van der Waals surface area contributed by atoms with Crippen molar-refractivity contribution >= 4 is 5.96 Å². The summed E-state index contributed by atoms with van der Waals surface area (Å²) in [6, 6.07) is 14.5. The molecule has 2 aromatic rings. The van der Waals surface area contributed by atoms with Crippen molar-refractivity contribution in [2.75, 3.05) is 41.0 Å². The zero-order valence-electron chi connectivity index (χ0n) is 21.1. The summed E-state index contributed by atoms with van der Waals surface area (Å²) in [7, 11) is 4.70. The molecular weight excluding hydrogens is 444 g/mol. The van der Waals surface area contributed by atoms with Crippen molar-refractivity contribution in [2.45, 2.75) is 38.4 Å². The van der Waals surface area contributed by atoms with Crippen LogP contribution >= 0.6 is 0 Å². The first kappa shape index (κ1) is 26.3. The lowest BCUT2D eigenvalue weighted by Gasteiger charge is -2.21. The van der Waals surface area contributed by atoms with Crippen LogP contribution in [0.4, 0.5) is 0 Å². The number of nitrogens with zero attached hydrogens (tertiary/aromatic N) is 3. The quantitative estimate of drug-likeness (QED) is 0.162. The monoisotopic (exact) mass is 480 g/mol. The van der Waals surface area contributed by atoms with E-state index in [1.165, 1.54) is 30.2 Å². The number of hydrogen-bond donors (Lipinski definition) is 1. The van der Waals surface area contributed by atoms with Crippen LogP contribution in [0.5, 0.6) is 11.5 Å². The predicted octanol–water partition coefficient (Wildman–Crippen LogP) is 3.70. The summed E-state index contributed by atoms with van der Waals surface area (Å²) in [5.41, 5.74) is 9.97. The first-order chi connectivity index (χ1) is 17.0. The molecular formula is C27H36N4O4. The molecule has 0 aliphatic heterocycles. The fraction of sp³-hybridized carbons (Fsp3) is 0.481. The maximum absolute atomic E-state index is 9.60. The Morgan fingerprint density at radius 2 is 1.80 bits per heavy atom. The highest BCUT2D eigenvalue weighted by molar-refractivity contribution is 5.79. The fourth-order valence-corrected chi connectivity index (χ4v) is 4.37. The normalized spacial score (nSPS) is 14.5. The number of benzene rings is 2. The molecule has 0 fully saturated rings. The van der Waals surface area contributed by atoms with E-state index in [1.54, 1.807) is 7.11 Å². The minimum absolute atomic E-state index is 0.00151. The molecule has 1 aliphatic rings. The molecule has 1 aliphatic carbocycles. The number of rotatable bonds is 12. The van der Waals surface area contributed by atoms with E-state index in [9.17, 15) is 5.26 Å². The Labute approximate surface area is 208 Å². The van der Waals surface area contributed by atoms with Crippen LogP contribution in [0.3, 0.4) is 0 Å². The Morgan fingerprint density at radius 3 is 2.40 bits per heavy atom. The van der Waals surface area contributed by atoms with Crippen LogP contribution in [0, 0.1) is 17.4 Å². The molecule has 0 radical (unpaired) electrons. The summed E-state index contributed by atoms with van der Waals surface area (Å²) in [6.45, 7) is 3.24. The summed E-state index contributed by atoms with van der Waals surface area (Å²) < 4.78 is 21.9. The number of ether oxygens (including phenoxy) is 4. The molecule has 0 spiro atoms. The molecule has 0 amide bonds. The van der Waals surface area contributed by atoms with Gasteiger partial charge in [-0.2, -0.15) is 5.26 Å². The fourth-order valence-electron chi connectivity index (χ4n) is 4.37. The molecule has 8 nitrogen and oxygen atoms in total. The average Bonchev–Trinajstić information content (AvgIpc) is 3.30. The summed E-state index contributed by atoms with van der Waals surface area (Å²) in [5.74, 6) is 2.13. The highest BCUT2D eigenvalue weighted by Crippen LogP contribution is 2.33. The van der Waals surface area contributed by atoms with Gasteiger partial charge in [0.05, 0.1) is 20.3 Å². The second kappa shape index (κ2) is 13.0. The van der Waals surface area contributed by atoms with E-state index < -0.39 is 6.29 Å². The first-order valence-corrected chi connectivity index (χ1v) is 11.9. The summed E-state index contributed by atoms with van der Waals surface area (Å²) in [5, 5.41) is 9.60. The molecule has 2 N–H and O–H groups in total. The van der Waals surface area contributed by atoms with Crippen molar-refractivity contribution < 1.29 is 18.9 Å².